The highest BCUT2D eigenvalue weighted by Gasteiger charge is 2.17. The molecule has 1 fully saturated rings. The molecule has 0 unspecified atom stereocenters. The van der Waals surface area contributed by atoms with Crippen molar-refractivity contribution in [3.05, 3.63) is 11.7 Å². The Bertz CT molecular complexity index is 318. The highest BCUT2D eigenvalue weighted by molar-refractivity contribution is 4.86. The van der Waals surface area contributed by atoms with E-state index in [-0.39, 0.29) is 0 Å². The Hall–Kier alpha value is -0.940. The molecule has 0 amide bonds. The van der Waals surface area contributed by atoms with Gasteiger partial charge in [0.05, 0.1) is 6.54 Å². The topological polar surface area (TPSA) is 45.4 Å². The average molecular weight is 224 g/mol. The molecule has 16 heavy (non-hydrogen) atoms. The Labute approximate surface area is 96.4 Å². The zero-order valence-electron chi connectivity index (χ0n) is 10.1. The van der Waals surface area contributed by atoms with Crippen LogP contribution in [0, 0.1) is 0 Å². The molecule has 0 saturated carbocycles. The van der Waals surface area contributed by atoms with E-state index in [1.54, 1.807) is 0 Å². The van der Waals surface area contributed by atoms with Crippen molar-refractivity contribution in [1.82, 2.24) is 19.9 Å². The van der Waals surface area contributed by atoms with Crippen molar-refractivity contribution < 1.29 is 4.52 Å². The summed E-state index contributed by atoms with van der Waals surface area (Å²) in [5, 5.41) is 3.91. The standard InChI is InChI=1S/C11H20N4O/c1-3-10-12-11(16-13-10)9-15-7-5-14(4-2)6-8-15/h3-9H2,1-2H3. The monoisotopic (exact) mass is 224 g/mol. The Morgan fingerprint density at radius 3 is 2.38 bits per heavy atom. The fourth-order valence-corrected chi connectivity index (χ4v) is 1.95. The lowest BCUT2D eigenvalue weighted by molar-refractivity contribution is 0.121. The first-order valence-corrected chi connectivity index (χ1v) is 6.08. The van der Waals surface area contributed by atoms with Crippen LogP contribution in [0.5, 0.6) is 0 Å². The van der Waals surface area contributed by atoms with Crippen molar-refractivity contribution in [2.45, 2.75) is 26.8 Å². The van der Waals surface area contributed by atoms with Gasteiger partial charge in [0.15, 0.2) is 5.82 Å². The highest BCUT2D eigenvalue weighted by atomic mass is 16.5. The van der Waals surface area contributed by atoms with Gasteiger partial charge < -0.3 is 9.42 Å². The second kappa shape index (κ2) is 5.41. The maximum Gasteiger partial charge on any atom is 0.240 e. The molecule has 2 rings (SSSR count). The number of aromatic nitrogens is 2. The van der Waals surface area contributed by atoms with E-state index in [9.17, 15) is 0 Å². The largest absolute Gasteiger partial charge is 0.338 e. The minimum absolute atomic E-state index is 0.752. The lowest BCUT2D eigenvalue weighted by Gasteiger charge is -2.33. The van der Waals surface area contributed by atoms with E-state index >= 15 is 0 Å². The number of hydrogen-bond donors (Lipinski definition) is 0. The molecule has 0 radical (unpaired) electrons. The van der Waals surface area contributed by atoms with E-state index in [0.29, 0.717) is 0 Å². The molecule has 2 heterocycles. The Kier molecular flexibility index (Phi) is 3.90. The van der Waals surface area contributed by atoms with Crippen LogP contribution >= 0.6 is 0 Å². The van der Waals surface area contributed by atoms with Gasteiger partial charge in [0.2, 0.25) is 5.89 Å². The van der Waals surface area contributed by atoms with Gasteiger partial charge in [-0.1, -0.05) is 19.0 Å². The highest BCUT2D eigenvalue weighted by Crippen LogP contribution is 2.07. The number of likely N-dealkylation sites (N-methyl/N-ethyl adjacent to an activating group) is 1. The molecule has 0 aromatic carbocycles. The minimum atomic E-state index is 0.752. The fraction of sp³-hybridized carbons (Fsp3) is 0.818. The number of rotatable bonds is 4. The third kappa shape index (κ3) is 2.80. The summed E-state index contributed by atoms with van der Waals surface area (Å²) in [5.74, 6) is 1.56. The van der Waals surface area contributed by atoms with E-state index in [0.717, 1.165) is 57.4 Å². The van der Waals surface area contributed by atoms with Crippen LogP contribution in [0.2, 0.25) is 0 Å². The summed E-state index contributed by atoms with van der Waals surface area (Å²) in [5.41, 5.74) is 0. The molecule has 90 valence electrons. The maximum absolute atomic E-state index is 5.20. The summed E-state index contributed by atoms with van der Waals surface area (Å²) in [6.45, 7) is 10.7. The SMILES string of the molecule is CCc1noc(CN2CCN(CC)CC2)n1. The molecular weight excluding hydrogens is 204 g/mol. The van der Waals surface area contributed by atoms with E-state index in [1.165, 1.54) is 0 Å². The lowest BCUT2D eigenvalue weighted by Crippen LogP contribution is -2.45. The third-order valence-corrected chi connectivity index (χ3v) is 3.10. The molecule has 5 nitrogen and oxygen atoms in total. The number of piperazine rings is 1. The minimum Gasteiger partial charge on any atom is -0.338 e. The molecule has 0 atom stereocenters. The molecule has 0 spiro atoms. The van der Waals surface area contributed by atoms with Gasteiger partial charge in [-0.3, -0.25) is 4.90 Å². The van der Waals surface area contributed by atoms with Gasteiger partial charge in [-0.15, -0.1) is 0 Å². The van der Waals surface area contributed by atoms with Gasteiger partial charge >= 0.3 is 0 Å². The Morgan fingerprint density at radius 1 is 1.12 bits per heavy atom. The second-order valence-corrected chi connectivity index (χ2v) is 4.17. The summed E-state index contributed by atoms with van der Waals surface area (Å²) in [6, 6.07) is 0. The van der Waals surface area contributed by atoms with E-state index < -0.39 is 0 Å². The third-order valence-electron chi connectivity index (χ3n) is 3.10. The lowest BCUT2D eigenvalue weighted by atomic mass is 10.3. The summed E-state index contributed by atoms with van der Waals surface area (Å²) in [4.78, 5) is 9.16. The van der Waals surface area contributed by atoms with E-state index in [2.05, 4.69) is 26.9 Å². The first-order chi connectivity index (χ1) is 7.81. The predicted molar refractivity (Wildman–Crippen MR) is 61.1 cm³/mol. The number of nitrogens with zero attached hydrogens (tertiary/aromatic N) is 4. The van der Waals surface area contributed by atoms with Crippen molar-refractivity contribution >= 4 is 0 Å². The molecule has 0 N–H and O–H groups in total. The first kappa shape index (κ1) is 11.5. The van der Waals surface area contributed by atoms with E-state index in [4.69, 9.17) is 4.52 Å². The summed E-state index contributed by atoms with van der Waals surface area (Å²) >= 11 is 0. The summed E-state index contributed by atoms with van der Waals surface area (Å²) in [6.07, 6.45) is 0.840. The number of aryl methyl sites for hydroxylation is 1. The van der Waals surface area contributed by atoms with Gasteiger partial charge in [-0.25, -0.2) is 0 Å². The summed E-state index contributed by atoms with van der Waals surface area (Å²) in [7, 11) is 0. The maximum atomic E-state index is 5.20. The van der Waals surface area contributed by atoms with Crippen LogP contribution < -0.4 is 0 Å². The fourth-order valence-electron chi connectivity index (χ4n) is 1.95. The van der Waals surface area contributed by atoms with Gasteiger partial charge in [0.25, 0.3) is 0 Å². The van der Waals surface area contributed by atoms with Gasteiger partial charge in [0.1, 0.15) is 0 Å². The van der Waals surface area contributed by atoms with Gasteiger partial charge in [-0.2, -0.15) is 4.98 Å². The molecule has 5 heteroatoms. The molecule has 1 aliphatic rings. The smallest absolute Gasteiger partial charge is 0.240 e. The van der Waals surface area contributed by atoms with Crippen LogP contribution in [-0.2, 0) is 13.0 Å². The Morgan fingerprint density at radius 2 is 1.81 bits per heavy atom. The molecule has 1 aromatic rings. The van der Waals surface area contributed by atoms with Crippen LogP contribution in [0.4, 0.5) is 0 Å². The quantitative estimate of drug-likeness (QED) is 0.756. The normalized spacial score (nSPS) is 19.1. The predicted octanol–water partition coefficient (Wildman–Crippen LogP) is 0.770. The molecule has 1 aliphatic heterocycles. The average Bonchev–Trinajstić information content (AvgIpc) is 2.78. The summed E-state index contributed by atoms with van der Waals surface area (Å²) < 4.78 is 5.20. The van der Waals surface area contributed by atoms with Crippen LogP contribution in [0.25, 0.3) is 0 Å². The number of hydrogen-bond acceptors (Lipinski definition) is 5. The van der Waals surface area contributed by atoms with Crippen molar-refractivity contribution in [2.75, 3.05) is 32.7 Å². The van der Waals surface area contributed by atoms with Crippen molar-refractivity contribution in [3.8, 4) is 0 Å². The zero-order valence-corrected chi connectivity index (χ0v) is 10.1. The van der Waals surface area contributed by atoms with Crippen LogP contribution in [0.15, 0.2) is 4.52 Å². The van der Waals surface area contributed by atoms with Crippen LogP contribution in [-0.4, -0.2) is 52.7 Å². The van der Waals surface area contributed by atoms with Crippen LogP contribution in [0.1, 0.15) is 25.6 Å². The first-order valence-electron chi connectivity index (χ1n) is 6.08. The van der Waals surface area contributed by atoms with Gasteiger partial charge in [0, 0.05) is 32.6 Å². The zero-order chi connectivity index (χ0) is 11.4. The van der Waals surface area contributed by atoms with Crippen molar-refractivity contribution in [1.29, 1.82) is 0 Å². The van der Waals surface area contributed by atoms with Crippen LogP contribution in [0.3, 0.4) is 0 Å². The molecule has 0 aliphatic carbocycles. The molecule has 0 bridgehead atoms. The van der Waals surface area contributed by atoms with Crippen molar-refractivity contribution in [2.24, 2.45) is 0 Å². The van der Waals surface area contributed by atoms with Crippen molar-refractivity contribution in [3.63, 3.8) is 0 Å². The Balaban J connectivity index is 1.82. The second-order valence-electron chi connectivity index (χ2n) is 4.17. The van der Waals surface area contributed by atoms with Gasteiger partial charge in [-0.05, 0) is 6.54 Å². The van der Waals surface area contributed by atoms with E-state index in [1.807, 2.05) is 6.92 Å². The molecule has 1 aromatic heterocycles. The molecule has 1 saturated heterocycles. The molecular formula is C11H20N4O.